The molecule has 2 aliphatic rings. The average molecular weight is 429 g/mol. The van der Waals surface area contributed by atoms with Gasteiger partial charge in [0, 0.05) is 17.9 Å². The summed E-state index contributed by atoms with van der Waals surface area (Å²) >= 11 is 0. The molecule has 0 N–H and O–H groups in total. The average Bonchev–Trinajstić information content (AvgIpc) is 2.61. The van der Waals surface area contributed by atoms with Crippen molar-refractivity contribution >= 4 is 36.9 Å². The van der Waals surface area contributed by atoms with Crippen LogP contribution in [0.2, 0.25) is 0 Å². The van der Waals surface area contributed by atoms with Gasteiger partial charge in [0.05, 0.1) is 20.3 Å². The largest absolute Gasteiger partial charge is 0.697 e. The molecule has 12 heteroatoms. The summed E-state index contributed by atoms with van der Waals surface area (Å²) in [7, 11) is -4.06. The molecular formula is C14H24O9P3+. The Labute approximate surface area is 156 Å². The molecule has 2 aliphatic heterocycles. The van der Waals surface area contributed by atoms with Crippen molar-refractivity contribution < 1.29 is 41.3 Å². The lowest BCUT2D eigenvalue weighted by Gasteiger charge is -2.47. The van der Waals surface area contributed by atoms with Crippen LogP contribution in [0, 0.1) is 10.8 Å². The van der Waals surface area contributed by atoms with E-state index in [1.807, 2.05) is 0 Å². The molecule has 26 heavy (non-hydrogen) atoms. The summed E-state index contributed by atoms with van der Waals surface area (Å²) in [4.78, 5) is 25.7. The molecule has 5 unspecified atom stereocenters. The summed E-state index contributed by atoms with van der Waals surface area (Å²) in [6.07, 6.45) is -0.647. The van der Waals surface area contributed by atoms with Crippen LogP contribution in [0.15, 0.2) is 0 Å². The number of hydrogen-bond acceptors (Lipinski definition) is 9. The number of carbonyl (C=O) groups excluding carboxylic acids is 2. The third-order valence-corrected chi connectivity index (χ3v) is 7.36. The first-order chi connectivity index (χ1) is 12.3. The minimum absolute atomic E-state index is 0.0159. The molecule has 2 saturated heterocycles. The zero-order chi connectivity index (χ0) is 19.5. The number of rotatable bonds is 7. The zero-order valence-electron chi connectivity index (χ0n) is 15.4. The van der Waals surface area contributed by atoms with Gasteiger partial charge in [-0.2, -0.15) is 0 Å². The van der Waals surface area contributed by atoms with E-state index in [0.29, 0.717) is 0 Å². The zero-order valence-corrected chi connectivity index (χ0v) is 18.1. The predicted molar refractivity (Wildman–Crippen MR) is 94.7 cm³/mol. The van der Waals surface area contributed by atoms with E-state index in [0.717, 1.165) is 0 Å². The van der Waals surface area contributed by atoms with Crippen LogP contribution in [0.3, 0.4) is 0 Å². The third kappa shape index (κ3) is 3.95. The smallest absolute Gasteiger partial charge is 0.417 e. The van der Waals surface area contributed by atoms with Gasteiger partial charge in [-0.05, 0) is 12.8 Å². The van der Waals surface area contributed by atoms with E-state index in [-0.39, 0.29) is 26.1 Å². The number of carbonyl (C=O) groups is 2. The summed E-state index contributed by atoms with van der Waals surface area (Å²) in [5, 5.41) is 0. The van der Waals surface area contributed by atoms with Crippen LogP contribution in [-0.2, 0) is 41.3 Å². The van der Waals surface area contributed by atoms with E-state index >= 15 is 0 Å². The van der Waals surface area contributed by atoms with Crippen molar-refractivity contribution in [1.29, 1.82) is 0 Å². The fourth-order valence-corrected chi connectivity index (χ4v) is 5.51. The summed E-state index contributed by atoms with van der Waals surface area (Å²) < 4.78 is 44.3. The lowest BCUT2D eigenvalue weighted by atomic mass is 9.66. The lowest BCUT2D eigenvalue weighted by molar-refractivity contribution is -0.185. The molecule has 0 aromatic carbocycles. The van der Waals surface area contributed by atoms with Gasteiger partial charge >= 0.3 is 20.2 Å². The maximum atomic E-state index is 12.9. The fourth-order valence-electron chi connectivity index (χ4n) is 3.09. The molecule has 2 rings (SSSR count). The van der Waals surface area contributed by atoms with Crippen molar-refractivity contribution in [3.8, 4) is 0 Å². The van der Waals surface area contributed by atoms with Gasteiger partial charge in [0.1, 0.15) is 10.8 Å². The van der Waals surface area contributed by atoms with Crippen LogP contribution >= 0.6 is 25.0 Å². The van der Waals surface area contributed by atoms with Crippen molar-refractivity contribution in [2.24, 2.45) is 10.8 Å². The van der Waals surface area contributed by atoms with E-state index in [1.54, 1.807) is 27.2 Å². The lowest BCUT2D eigenvalue weighted by Crippen LogP contribution is -2.61. The van der Waals surface area contributed by atoms with Gasteiger partial charge in [0.15, 0.2) is 6.10 Å². The highest BCUT2D eigenvalue weighted by Gasteiger charge is 2.66. The van der Waals surface area contributed by atoms with Crippen LogP contribution in [0.25, 0.3) is 0 Å². The fraction of sp³-hybridized carbons (Fsp3) is 0.857. The van der Waals surface area contributed by atoms with Gasteiger partial charge in [-0.3, -0.25) is 9.59 Å². The van der Waals surface area contributed by atoms with Gasteiger partial charge < -0.3 is 18.1 Å². The van der Waals surface area contributed by atoms with Crippen LogP contribution in [0.5, 0.6) is 0 Å². The molecule has 148 valence electrons. The van der Waals surface area contributed by atoms with Crippen LogP contribution < -0.4 is 0 Å². The Morgan fingerprint density at radius 2 is 1.46 bits per heavy atom. The first kappa shape index (κ1) is 22.0. The van der Waals surface area contributed by atoms with Crippen LogP contribution in [-0.4, -0.2) is 51.7 Å². The second-order valence-corrected chi connectivity index (χ2v) is 9.76. The van der Waals surface area contributed by atoms with E-state index in [2.05, 4.69) is 0 Å². The predicted octanol–water partition coefficient (Wildman–Crippen LogP) is 3.50. The van der Waals surface area contributed by atoms with Crippen molar-refractivity contribution in [2.45, 2.75) is 32.8 Å². The third-order valence-electron chi connectivity index (χ3n) is 4.85. The van der Waals surface area contributed by atoms with Crippen LogP contribution in [0.1, 0.15) is 26.7 Å². The van der Waals surface area contributed by atoms with E-state index < -0.39 is 53.9 Å². The minimum atomic E-state index is -2.57. The summed E-state index contributed by atoms with van der Waals surface area (Å²) in [5.74, 6) is -1.09. The molecular weight excluding hydrogens is 405 g/mol. The van der Waals surface area contributed by atoms with Gasteiger partial charge in [-0.25, -0.2) is 0 Å². The Bertz CT molecular complexity index is 534. The van der Waals surface area contributed by atoms with Crippen LogP contribution in [0.4, 0.5) is 0 Å². The molecule has 5 atom stereocenters. The molecule has 0 aromatic rings. The molecule has 0 radical (unpaired) electrons. The molecule has 0 aromatic heterocycles. The Kier molecular flexibility index (Phi) is 7.48. The molecule has 0 spiro atoms. The van der Waals surface area contributed by atoms with Gasteiger partial charge in [-0.15, -0.1) is 9.05 Å². The Morgan fingerprint density at radius 1 is 1.04 bits per heavy atom. The van der Waals surface area contributed by atoms with E-state index in [9.17, 15) is 14.2 Å². The minimum Gasteiger partial charge on any atom is -0.417 e. The Hall–Kier alpha value is -0.260. The SMILES string of the molecule is CCC1(C(O[P+](=O)OC)C2(CC)COP(C)OC2=O)COP(C)OC1=O. The van der Waals surface area contributed by atoms with E-state index in [1.165, 1.54) is 7.11 Å². The monoisotopic (exact) mass is 429 g/mol. The first-order valence-electron chi connectivity index (χ1n) is 8.12. The molecule has 0 saturated carbocycles. The van der Waals surface area contributed by atoms with Crippen molar-refractivity contribution in [2.75, 3.05) is 33.7 Å². The Balaban J connectivity index is 2.52. The number of hydrogen-bond donors (Lipinski definition) is 0. The second kappa shape index (κ2) is 8.83. The van der Waals surface area contributed by atoms with Gasteiger partial charge in [-0.1, -0.05) is 13.8 Å². The molecule has 0 aliphatic carbocycles. The Morgan fingerprint density at radius 3 is 1.77 bits per heavy atom. The summed E-state index contributed by atoms with van der Waals surface area (Å²) in [6, 6.07) is 0. The molecule has 0 amide bonds. The van der Waals surface area contributed by atoms with E-state index in [4.69, 9.17) is 27.1 Å². The summed E-state index contributed by atoms with van der Waals surface area (Å²) in [6.45, 7) is 6.81. The molecule has 2 heterocycles. The topological polar surface area (TPSA) is 107 Å². The maximum absolute atomic E-state index is 12.9. The second-order valence-electron chi connectivity index (χ2n) is 6.09. The molecule has 9 nitrogen and oxygen atoms in total. The highest BCUT2D eigenvalue weighted by molar-refractivity contribution is 7.47. The van der Waals surface area contributed by atoms with Crippen molar-refractivity contribution in [1.82, 2.24) is 0 Å². The summed E-state index contributed by atoms with van der Waals surface area (Å²) in [5.41, 5.74) is -2.66. The van der Waals surface area contributed by atoms with Gasteiger partial charge in [0.25, 0.3) is 0 Å². The van der Waals surface area contributed by atoms with Gasteiger partial charge in [0.2, 0.25) is 16.8 Å². The maximum Gasteiger partial charge on any atom is 0.697 e. The quantitative estimate of drug-likeness (QED) is 0.562. The van der Waals surface area contributed by atoms with Crippen molar-refractivity contribution in [3.05, 3.63) is 0 Å². The normalized spacial score (nSPS) is 36.9. The first-order valence-corrected chi connectivity index (χ1v) is 12.5. The molecule has 2 fully saturated rings. The molecule has 0 bridgehead atoms. The highest BCUT2D eigenvalue weighted by atomic mass is 31.2. The van der Waals surface area contributed by atoms with Crippen molar-refractivity contribution in [3.63, 3.8) is 0 Å². The standard InChI is InChI=1S/C14H24O9P3/c1-6-13(8-19-24(4)22-11(13)15)10(21-26(17)18-3)14(7-2)9-20-25(5)23-12(14)16/h10H,6-9H2,1-5H3/q+1. The highest BCUT2D eigenvalue weighted by Crippen LogP contribution is 2.57.